The minimum atomic E-state index is -0.0236. The van der Waals surface area contributed by atoms with Gasteiger partial charge in [0.25, 0.3) is 0 Å². The molecule has 2 heteroatoms. The molecule has 0 saturated carbocycles. The van der Waals surface area contributed by atoms with Crippen LogP contribution in [0.1, 0.15) is 77.6 Å². The highest BCUT2D eigenvalue weighted by Crippen LogP contribution is 2.35. The van der Waals surface area contributed by atoms with E-state index < -0.39 is 0 Å². The van der Waals surface area contributed by atoms with Gasteiger partial charge >= 0.3 is 0 Å². The molecule has 0 amide bonds. The normalized spacial score (nSPS) is 21.2. The average Bonchev–Trinajstić information content (AvgIpc) is 3.31. The monoisotopic (exact) mass is 332 g/mol. The summed E-state index contributed by atoms with van der Waals surface area (Å²) < 4.78 is 0. The van der Waals surface area contributed by atoms with Crippen LogP contribution >= 0.6 is 0 Å². The first-order chi connectivity index (χ1) is 11.8. The van der Waals surface area contributed by atoms with E-state index >= 15 is 0 Å². The highest BCUT2D eigenvalue weighted by Gasteiger charge is 2.43. The fourth-order valence-corrected chi connectivity index (χ4v) is 4.81. The molecule has 1 unspecified atom stereocenters. The molecule has 0 aromatic rings. The van der Waals surface area contributed by atoms with Crippen LogP contribution in [0.3, 0.4) is 0 Å². The molecule has 0 N–H and O–H groups in total. The second kappa shape index (κ2) is 10.4. The number of likely N-dealkylation sites (tertiary alicyclic amines) is 2. The van der Waals surface area contributed by atoms with Gasteiger partial charge in [0.1, 0.15) is 0 Å². The summed E-state index contributed by atoms with van der Waals surface area (Å²) >= 11 is 0. The lowest BCUT2D eigenvalue weighted by atomic mass is 9.83. The van der Waals surface area contributed by atoms with Crippen molar-refractivity contribution >= 4 is 0 Å². The molecule has 24 heavy (non-hydrogen) atoms. The number of nitrogens with zero attached hydrogens (tertiary/aromatic N) is 2. The highest BCUT2D eigenvalue weighted by molar-refractivity contribution is 5.22. The maximum Gasteiger partial charge on any atom is 0.0727 e. The Labute approximate surface area is 151 Å². The molecule has 2 heterocycles. The molecule has 2 rings (SSSR count). The minimum Gasteiger partial charge on any atom is -0.298 e. The molecule has 2 fully saturated rings. The van der Waals surface area contributed by atoms with Crippen molar-refractivity contribution in [3.8, 4) is 0 Å². The first-order valence-corrected chi connectivity index (χ1v) is 10.5. The van der Waals surface area contributed by atoms with Gasteiger partial charge in [-0.25, -0.2) is 0 Å². The summed E-state index contributed by atoms with van der Waals surface area (Å²) in [6.45, 7) is 15.8. The van der Waals surface area contributed by atoms with Crippen LogP contribution in [0, 0.1) is 0 Å². The van der Waals surface area contributed by atoms with Gasteiger partial charge in [0.15, 0.2) is 0 Å². The zero-order chi connectivity index (χ0) is 17.3. The third-order valence-corrected chi connectivity index (χ3v) is 6.25. The Morgan fingerprint density at radius 1 is 0.833 bits per heavy atom. The van der Waals surface area contributed by atoms with E-state index in [2.05, 4.69) is 42.0 Å². The first-order valence-electron chi connectivity index (χ1n) is 10.5. The minimum absolute atomic E-state index is 0.0236. The van der Waals surface area contributed by atoms with Crippen molar-refractivity contribution in [3.63, 3.8) is 0 Å². The molecule has 0 aromatic heterocycles. The molecule has 1 atom stereocenters. The Kier molecular flexibility index (Phi) is 8.55. The van der Waals surface area contributed by atoms with E-state index in [0.29, 0.717) is 6.04 Å². The van der Waals surface area contributed by atoms with E-state index in [-0.39, 0.29) is 5.54 Å². The van der Waals surface area contributed by atoms with Gasteiger partial charge in [-0.1, -0.05) is 57.6 Å². The van der Waals surface area contributed by atoms with Crippen molar-refractivity contribution in [1.82, 2.24) is 9.80 Å². The van der Waals surface area contributed by atoms with E-state index in [9.17, 15) is 0 Å². The zero-order valence-corrected chi connectivity index (χ0v) is 16.1. The summed E-state index contributed by atoms with van der Waals surface area (Å²) in [6.07, 6.45) is 19.4. The molecule has 0 aliphatic carbocycles. The average molecular weight is 333 g/mol. The molecule has 0 bridgehead atoms. The first kappa shape index (κ1) is 19.7. The zero-order valence-electron chi connectivity index (χ0n) is 16.1. The second-order valence-electron chi connectivity index (χ2n) is 7.81. The molecule has 2 aliphatic heterocycles. The number of hydrogen-bond donors (Lipinski definition) is 0. The van der Waals surface area contributed by atoms with Crippen LogP contribution in [0.15, 0.2) is 25.3 Å². The van der Waals surface area contributed by atoms with E-state index in [0.717, 1.165) is 0 Å². The van der Waals surface area contributed by atoms with Crippen LogP contribution in [-0.2, 0) is 0 Å². The molecular formula is C22H40N2. The lowest BCUT2D eigenvalue weighted by molar-refractivity contribution is 0.0793. The summed E-state index contributed by atoms with van der Waals surface area (Å²) in [5, 5.41) is 0. The van der Waals surface area contributed by atoms with Gasteiger partial charge < -0.3 is 0 Å². The SMILES string of the molecule is C=CC(C=C)(C(CCCCCCCC)N1CCCC1)N1CCCC1. The Bertz CT molecular complexity index is 356. The van der Waals surface area contributed by atoms with Crippen LogP contribution in [0.5, 0.6) is 0 Å². The summed E-state index contributed by atoms with van der Waals surface area (Å²) in [5.41, 5.74) is -0.0236. The molecule has 0 radical (unpaired) electrons. The Balaban J connectivity index is 2.02. The molecule has 2 aliphatic rings. The largest absolute Gasteiger partial charge is 0.298 e. The van der Waals surface area contributed by atoms with Crippen molar-refractivity contribution < 1.29 is 0 Å². The molecule has 0 spiro atoms. The van der Waals surface area contributed by atoms with Gasteiger partial charge in [0.2, 0.25) is 0 Å². The van der Waals surface area contributed by atoms with E-state index in [1.807, 2.05) is 0 Å². The quantitative estimate of drug-likeness (QED) is 0.348. The van der Waals surface area contributed by atoms with Gasteiger partial charge in [0.05, 0.1) is 5.54 Å². The fraction of sp³-hybridized carbons (Fsp3) is 0.818. The predicted octanol–water partition coefficient (Wildman–Crippen LogP) is 5.41. The van der Waals surface area contributed by atoms with E-state index in [4.69, 9.17) is 0 Å². The van der Waals surface area contributed by atoms with Gasteiger partial charge in [-0.3, -0.25) is 9.80 Å². The molecular weight excluding hydrogens is 292 g/mol. The lowest BCUT2D eigenvalue weighted by Crippen LogP contribution is -2.58. The molecule has 138 valence electrons. The van der Waals surface area contributed by atoms with Crippen molar-refractivity contribution in [2.75, 3.05) is 26.2 Å². The van der Waals surface area contributed by atoms with Crippen molar-refractivity contribution in [1.29, 1.82) is 0 Å². The van der Waals surface area contributed by atoms with E-state index in [1.165, 1.54) is 96.8 Å². The van der Waals surface area contributed by atoms with Crippen LogP contribution in [0.25, 0.3) is 0 Å². The summed E-state index contributed by atoms with van der Waals surface area (Å²) in [7, 11) is 0. The van der Waals surface area contributed by atoms with Crippen LogP contribution in [0.2, 0.25) is 0 Å². The van der Waals surface area contributed by atoms with Crippen molar-refractivity contribution in [2.24, 2.45) is 0 Å². The lowest BCUT2D eigenvalue weighted by Gasteiger charge is -2.47. The molecule has 2 nitrogen and oxygen atoms in total. The molecule has 0 aromatic carbocycles. The highest BCUT2D eigenvalue weighted by atomic mass is 15.3. The third kappa shape index (κ3) is 4.73. The summed E-state index contributed by atoms with van der Waals surface area (Å²) in [6, 6.07) is 0.569. The molecule has 2 saturated heterocycles. The summed E-state index contributed by atoms with van der Waals surface area (Å²) in [5.74, 6) is 0. The van der Waals surface area contributed by atoms with Crippen molar-refractivity contribution in [2.45, 2.75) is 89.1 Å². The number of unbranched alkanes of at least 4 members (excludes halogenated alkanes) is 5. The van der Waals surface area contributed by atoms with Crippen LogP contribution in [0.4, 0.5) is 0 Å². The predicted molar refractivity (Wildman–Crippen MR) is 107 cm³/mol. The van der Waals surface area contributed by atoms with Crippen LogP contribution in [-0.4, -0.2) is 47.6 Å². The topological polar surface area (TPSA) is 6.48 Å². The maximum atomic E-state index is 4.27. The Morgan fingerprint density at radius 3 is 1.96 bits per heavy atom. The fourth-order valence-electron chi connectivity index (χ4n) is 4.81. The van der Waals surface area contributed by atoms with Crippen LogP contribution < -0.4 is 0 Å². The number of hydrogen-bond acceptors (Lipinski definition) is 2. The maximum absolute atomic E-state index is 4.27. The smallest absolute Gasteiger partial charge is 0.0727 e. The van der Waals surface area contributed by atoms with Gasteiger partial charge in [-0.05, 0) is 58.3 Å². The second-order valence-corrected chi connectivity index (χ2v) is 7.81. The van der Waals surface area contributed by atoms with Crippen molar-refractivity contribution in [3.05, 3.63) is 25.3 Å². The summed E-state index contributed by atoms with van der Waals surface area (Å²) in [4.78, 5) is 5.40. The standard InChI is InChI=1S/C22H40N2/c1-4-7-8-9-10-11-16-21(23-17-12-13-18-23)22(5-2,6-3)24-19-14-15-20-24/h5-6,21H,2-4,7-20H2,1H3. The Hall–Kier alpha value is -0.600. The van der Waals surface area contributed by atoms with Gasteiger partial charge in [-0.15, -0.1) is 13.2 Å². The van der Waals surface area contributed by atoms with Gasteiger partial charge in [0, 0.05) is 6.04 Å². The number of rotatable bonds is 12. The van der Waals surface area contributed by atoms with E-state index in [1.54, 1.807) is 0 Å². The third-order valence-electron chi connectivity index (χ3n) is 6.25. The Morgan fingerprint density at radius 2 is 1.38 bits per heavy atom. The van der Waals surface area contributed by atoms with Gasteiger partial charge in [-0.2, -0.15) is 0 Å².